The van der Waals surface area contributed by atoms with Crippen LogP contribution in [0.1, 0.15) is 33.3 Å². The Morgan fingerprint density at radius 3 is 2.23 bits per heavy atom. The van der Waals surface area contributed by atoms with Gasteiger partial charge in [-0.15, -0.1) is 6.58 Å². The summed E-state index contributed by atoms with van der Waals surface area (Å²) in [6, 6.07) is 7.74. The van der Waals surface area contributed by atoms with Crippen LogP contribution in [-0.4, -0.2) is 39.3 Å². The second-order valence-electron chi connectivity index (χ2n) is 8.40. The molecule has 0 saturated carbocycles. The Kier molecular flexibility index (Phi) is 8.54. The summed E-state index contributed by atoms with van der Waals surface area (Å²) in [5.74, 6) is 0.864. The molecule has 0 heterocycles. The van der Waals surface area contributed by atoms with Gasteiger partial charge in [-0.05, 0) is 35.8 Å². The molecule has 0 aromatic heterocycles. The van der Waals surface area contributed by atoms with Crippen LogP contribution in [0.5, 0.6) is 5.75 Å². The first-order valence-corrected chi connectivity index (χ1v) is 12.1. The van der Waals surface area contributed by atoms with Gasteiger partial charge in [-0.1, -0.05) is 45.9 Å². The summed E-state index contributed by atoms with van der Waals surface area (Å²) in [7, 11) is -0.188. The molecule has 5 heteroatoms. The zero-order valence-corrected chi connectivity index (χ0v) is 18.4. The topological polar surface area (TPSA) is 47.9 Å². The van der Waals surface area contributed by atoms with Gasteiger partial charge in [-0.3, -0.25) is 0 Å². The molecule has 1 rings (SSSR count). The lowest BCUT2D eigenvalue weighted by molar-refractivity contribution is -0.0648. The Morgan fingerprint density at radius 2 is 1.77 bits per heavy atom. The number of hydrogen-bond acceptors (Lipinski definition) is 4. The molecule has 4 nitrogen and oxygen atoms in total. The number of ether oxygens (including phenoxy) is 2. The van der Waals surface area contributed by atoms with E-state index in [4.69, 9.17) is 13.9 Å². The number of benzene rings is 1. The highest BCUT2D eigenvalue weighted by Gasteiger charge is 2.38. The van der Waals surface area contributed by atoms with Gasteiger partial charge in [0.15, 0.2) is 8.32 Å². The molecule has 0 aliphatic carbocycles. The first-order valence-electron chi connectivity index (χ1n) is 9.21. The van der Waals surface area contributed by atoms with Crippen molar-refractivity contribution in [2.75, 3.05) is 13.7 Å². The fourth-order valence-electron chi connectivity index (χ4n) is 2.30. The summed E-state index contributed by atoms with van der Waals surface area (Å²) in [5.41, 5.74) is 1.03. The van der Waals surface area contributed by atoms with Crippen LogP contribution in [0.4, 0.5) is 0 Å². The van der Waals surface area contributed by atoms with Gasteiger partial charge in [0, 0.05) is 12.5 Å². The van der Waals surface area contributed by atoms with Gasteiger partial charge in [0.05, 0.1) is 25.9 Å². The van der Waals surface area contributed by atoms with E-state index in [1.165, 1.54) is 6.08 Å². The normalized spacial score (nSPS) is 16.0. The Bertz CT molecular complexity index is 548. The summed E-state index contributed by atoms with van der Waals surface area (Å²) in [5, 5.41) is 10.5. The standard InChI is InChI=1S/C21H36O4Si/c1-9-19(22)20(16(2)14-25-26(7,8)21(3,4)5)24-15-17-10-12-18(23-6)13-11-17/h9-13,16,19-20,22H,1,14-15H2,2-8H3/t16-,19-,20+/m1/s1. The predicted octanol–water partition coefficient (Wildman–Crippen LogP) is 4.79. The molecule has 1 aromatic rings. The molecule has 148 valence electrons. The third kappa shape index (κ3) is 6.54. The van der Waals surface area contributed by atoms with Crippen LogP contribution in [0.2, 0.25) is 18.1 Å². The molecule has 1 aromatic carbocycles. The minimum Gasteiger partial charge on any atom is -0.497 e. The van der Waals surface area contributed by atoms with E-state index >= 15 is 0 Å². The van der Waals surface area contributed by atoms with Crippen molar-refractivity contribution in [3.8, 4) is 5.75 Å². The van der Waals surface area contributed by atoms with Gasteiger partial charge in [0.25, 0.3) is 0 Å². The molecule has 0 aliphatic rings. The van der Waals surface area contributed by atoms with Crippen molar-refractivity contribution in [2.24, 2.45) is 5.92 Å². The molecule has 0 saturated heterocycles. The second kappa shape index (κ2) is 9.69. The first-order chi connectivity index (χ1) is 12.0. The second-order valence-corrected chi connectivity index (χ2v) is 13.2. The highest BCUT2D eigenvalue weighted by molar-refractivity contribution is 6.74. The molecule has 3 atom stereocenters. The maximum Gasteiger partial charge on any atom is 0.191 e. The smallest absolute Gasteiger partial charge is 0.191 e. The molecule has 0 spiro atoms. The van der Waals surface area contributed by atoms with E-state index in [0.29, 0.717) is 13.2 Å². The van der Waals surface area contributed by atoms with Crippen molar-refractivity contribution in [1.82, 2.24) is 0 Å². The lowest BCUT2D eigenvalue weighted by Gasteiger charge is -2.38. The predicted molar refractivity (Wildman–Crippen MR) is 110 cm³/mol. The SMILES string of the molecule is C=C[C@@H](O)[C@@H](OCc1ccc(OC)cc1)[C@H](C)CO[Si](C)(C)C(C)(C)C. The molecular formula is C21H36O4Si. The van der Waals surface area contributed by atoms with E-state index in [-0.39, 0.29) is 17.1 Å². The van der Waals surface area contributed by atoms with Gasteiger partial charge < -0.3 is 19.0 Å². The van der Waals surface area contributed by atoms with Crippen LogP contribution >= 0.6 is 0 Å². The van der Waals surface area contributed by atoms with Gasteiger partial charge in [0.1, 0.15) is 5.75 Å². The maximum atomic E-state index is 10.3. The van der Waals surface area contributed by atoms with E-state index < -0.39 is 14.4 Å². The number of aliphatic hydroxyl groups excluding tert-OH is 1. The number of methoxy groups -OCH3 is 1. The van der Waals surface area contributed by atoms with Crippen LogP contribution in [0.25, 0.3) is 0 Å². The van der Waals surface area contributed by atoms with E-state index in [1.54, 1.807) is 7.11 Å². The van der Waals surface area contributed by atoms with Crippen LogP contribution in [0.15, 0.2) is 36.9 Å². The minimum atomic E-state index is -1.83. The number of rotatable bonds is 10. The van der Waals surface area contributed by atoms with Crippen molar-refractivity contribution in [3.05, 3.63) is 42.5 Å². The van der Waals surface area contributed by atoms with Crippen LogP contribution in [-0.2, 0) is 15.8 Å². The van der Waals surface area contributed by atoms with Gasteiger partial charge in [-0.2, -0.15) is 0 Å². The molecule has 0 fully saturated rings. The van der Waals surface area contributed by atoms with Crippen molar-refractivity contribution >= 4 is 8.32 Å². The largest absolute Gasteiger partial charge is 0.497 e. The monoisotopic (exact) mass is 380 g/mol. The lowest BCUT2D eigenvalue weighted by atomic mass is 10.0. The number of hydrogen-bond donors (Lipinski definition) is 1. The van der Waals surface area contributed by atoms with E-state index in [2.05, 4.69) is 47.4 Å². The maximum absolute atomic E-state index is 10.3. The van der Waals surface area contributed by atoms with E-state index in [1.807, 2.05) is 24.3 Å². The highest BCUT2D eigenvalue weighted by Crippen LogP contribution is 2.37. The summed E-state index contributed by atoms with van der Waals surface area (Å²) in [4.78, 5) is 0. The van der Waals surface area contributed by atoms with Crippen molar-refractivity contribution in [3.63, 3.8) is 0 Å². The molecule has 26 heavy (non-hydrogen) atoms. The van der Waals surface area contributed by atoms with Crippen molar-refractivity contribution < 1.29 is 19.0 Å². The molecule has 0 amide bonds. The van der Waals surface area contributed by atoms with Crippen LogP contribution in [0.3, 0.4) is 0 Å². The number of aliphatic hydroxyl groups is 1. The molecule has 0 radical (unpaired) electrons. The van der Waals surface area contributed by atoms with E-state index in [0.717, 1.165) is 11.3 Å². The summed E-state index contributed by atoms with van der Waals surface area (Å²) < 4.78 is 17.5. The fraction of sp³-hybridized carbons (Fsp3) is 0.619. The lowest BCUT2D eigenvalue weighted by Crippen LogP contribution is -2.44. The average Bonchev–Trinajstić information content (AvgIpc) is 2.59. The van der Waals surface area contributed by atoms with Gasteiger partial charge >= 0.3 is 0 Å². The molecule has 0 bridgehead atoms. The molecular weight excluding hydrogens is 344 g/mol. The third-order valence-corrected chi connectivity index (χ3v) is 9.75. The fourth-order valence-corrected chi connectivity index (χ4v) is 3.41. The van der Waals surface area contributed by atoms with E-state index in [9.17, 15) is 5.11 Å². The Morgan fingerprint density at radius 1 is 1.19 bits per heavy atom. The quantitative estimate of drug-likeness (QED) is 0.468. The summed E-state index contributed by atoms with van der Waals surface area (Å²) >= 11 is 0. The van der Waals surface area contributed by atoms with Crippen LogP contribution in [0, 0.1) is 5.92 Å². The Hall–Kier alpha value is -1.14. The zero-order chi connectivity index (χ0) is 20.0. The van der Waals surface area contributed by atoms with Crippen LogP contribution < -0.4 is 4.74 Å². The van der Waals surface area contributed by atoms with Crippen molar-refractivity contribution in [2.45, 2.75) is 64.6 Å². The first kappa shape index (κ1) is 22.9. The average molecular weight is 381 g/mol. The molecule has 1 N–H and O–H groups in total. The Labute approximate surface area is 160 Å². The Balaban J connectivity index is 2.71. The zero-order valence-electron chi connectivity index (χ0n) is 17.4. The third-order valence-electron chi connectivity index (χ3n) is 5.25. The van der Waals surface area contributed by atoms with Crippen molar-refractivity contribution in [1.29, 1.82) is 0 Å². The van der Waals surface area contributed by atoms with Gasteiger partial charge in [-0.25, -0.2) is 0 Å². The minimum absolute atomic E-state index is 0.0513. The summed E-state index contributed by atoms with van der Waals surface area (Å²) in [6.45, 7) is 17.9. The molecule has 0 unspecified atom stereocenters. The van der Waals surface area contributed by atoms with Gasteiger partial charge in [0.2, 0.25) is 0 Å². The highest BCUT2D eigenvalue weighted by atomic mass is 28.4. The summed E-state index contributed by atoms with van der Waals surface area (Å²) in [6.07, 6.45) is 0.437. The molecule has 0 aliphatic heterocycles.